The summed E-state index contributed by atoms with van der Waals surface area (Å²) < 4.78 is 22.7. The number of benzene rings is 1. The van der Waals surface area contributed by atoms with Crippen LogP contribution in [0.15, 0.2) is 35.5 Å². The number of ether oxygens (including phenoxy) is 1. The topological polar surface area (TPSA) is 90.1 Å². The van der Waals surface area contributed by atoms with E-state index in [9.17, 15) is 9.18 Å². The number of rotatable bonds is 6. The number of halogens is 1. The van der Waals surface area contributed by atoms with E-state index in [1.807, 2.05) is 11.8 Å². The third-order valence-electron chi connectivity index (χ3n) is 4.58. The van der Waals surface area contributed by atoms with Gasteiger partial charge in [-0.3, -0.25) is 14.0 Å². The van der Waals surface area contributed by atoms with Crippen LogP contribution in [0.5, 0.6) is 0 Å². The lowest BCUT2D eigenvalue weighted by Crippen LogP contribution is -2.37. The van der Waals surface area contributed by atoms with E-state index in [4.69, 9.17) is 4.74 Å². The van der Waals surface area contributed by atoms with Crippen LogP contribution in [0.3, 0.4) is 0 Å². The SMILES string of the molecule is Cc1cc(NC(=O)CSc2nnc(N3CCOCC3)n2-c2cccc(F)c2)n(C)n1. The molecule has 1 saturated heterocycles. The van der Waals surface area contributed by atoms with Crippen molar-refractivity contribution in [2.75, 3.05) is 42.3 Å². The summed E-state index contributed by atoms with van der Waals surface area (Å²) in [4.78, 5) is 14.5. The number of nitrogens with zero attached hydrogens (tertiary/aromatic N) is 6. The highest BCUT2D eigenvalue weighted by molar-refractivity contribution is 7.99. The highest BCUT2D eigenvalue weighted by Crippen LogP contribution is 2.27. The van der Waals surface area contributed by atoms with Crippen LogP contribution in [-0.4, -0.2) is 62.5 Å². The first-order valence-corrected chi connectivity index (χ1v) is 10.5. The van der Waals surface area contributed by atoms with Crippen LogP contribution in [0, 0.1) is 12.7 Å². The van der Waals surface area contributed by atoms with Crippen LogP contribution in [0.1, 0.15) is 5.69 Å². The summed E-state index contributed by atoms with van der Waals surface area (Å²) in [6, 6.07) is 8.04. The van der Waals surface area contributed by atoms with Crippen molar-refractivity contribution >= 4 is 29.4 Å². The minimum Gasteiger partial charge on any atom is -0.378 e. The van der Waals surface area contributed by atoms with Gasteiger partial charge in [-0.2, -0.15) is 5.10 Å². The van der Waals surface area contributed by atoms with Crippen molar-refractivity contribution in [3.8, 4) is 5.69 Å². The first-order valence-electron chi connectivity index (χ1n) is 9.48. The molecule has 3 heterocycles. The Morgan fingerprint density at radius 3 is 2.77 bits per heavy atom. The summed E-state index contributed by atoms with van der Waals surface area (Å²) >= 11 is 1.24. The minimum absolute atomic E-state index is 0.126. The molecule has 1 aliphatic heterocycles. The number of amides is 1. The average Bonchev–Trinajstić information content (AvgIpc) is 3.29. The molecular weight excluding hydrogens is 409 g/mol. The highest BCUT2D eigenvalue weighted by atomic mass is 32.2. The molecule has 1 aliphatic rings. The number of hydrogen-bond donors (Lipinski definition) is 1. The fraction of sp³-hybridized carbons (Fsp3) is 0.368. The predicted molar refractivity (Wildman–Crippen MR) is 112 cm³/mol. The van der Waals surface area contributed by atoms with Crippen molar-refractivity contribution in [3.63, 3.8) is 0 Å². The van der Waals surface area contributed by atoms with Crippen LogP contribution in [0.25, 0.3) is 5.69 Å². The van der Waals surface area contributed by atoms with Gasteiger partial charge >= 0.3 is 0 Å². The fourth-order valence-electron chi connectivity index (χ4n) is 3.20. The van der Waals surface area contributed by atoms with Crippen LogP contribution >= 0.6 is 11.8 Å². The van der Waals surface area contributed by atoms with Crippen LogP contribution in [0.4, 0.5) is 16.2 Å². The maximum absolute atomic E-state index is 13.9. The van der Waals surface area contributed by atoms with E-state index in [1.165, 1.54) is 23.9 Å². The Balaban J connectivity index is 1.55. The Bertz CT molecular complexity index is 1050. The van der Waals surface area contributed by atoms with E-state index in [1.54, 1.807) is 34.5 Å². The number of aryl methyl sites for hydroxylation is 2. The summed E-state index contributed by atoms with van der Waals surface area (Å²) in [6.45, 7) is 4.37. The molecule has 0 unspecified atom stereocenters. The van der Waals surface area contributed by atoms with Crippen LogP contribution in [0.2, 0.25) is 0 Å². The van der Waals surface area contributed by atoms with Gasteiger partial charge in [0.2, 0.25) is 11.9 Å². The minimum atomic E-state index is -0.352. The van der Waals surface area contributed by atoms with Crippen LogP contribution < -0.4 is 10.2 Å². The van der Waals surface area contributed by atoms with Gasteiger partial charge < -0.3 is 15.0 Å². The molecule has 1 N–H and O–H groups in total. The largest absolute Gasteiger partial charge is 0.378 e. The Morgan fingerprint density at radius 2 is 2.07 bits per heavy atom. The summed E-state index contributed by atoms with van der Waals surface area (Å²) in [7, 11) is 1.77. The molecule has 0 radical (unpaired) electrons. The quantitative estimate of drug-likeness (QED) is 0.597. The average molecular weight is 431 g/mol. The molecule has 0 bridgehead atoms. The van der Waals surface area contributed by atoms with Crippen molar-refractivity contribution in [3.05, 3.63) is 41.8 Å². The van der Waals surface area contributed by atoms with Crippen molar-refractivity contribution < 1.29 is 13.9 Å². The zero-order valence-electron chi connectivity index (χ0n) is 16.7. The zero-order valence-corrected chi connectivity index (χ0v) is 17.5. The second-order valence-corrected chi connectivity index (χ2v) is 7.77. The van der Waals surface area contributed by atoms with E-state index >= 15 is 0 Å². The molecule has 1 aromatic carbocycles. The molecule has 1 fully saturated rings. The Hall–Kier alpha value is -2.92. The smallest absolute Gasteiger partial charge is 0.235 e. The van der Waals surface area contributed by atoms with E-state index in [0.717, 1.165) is 5.69 Å². The maximum atomic E-state index is 13.9. The molecule has 0 spiro atoms. The van der Waals surface area contributed by atoms with Gasteiger partial charge in [-0.1, -0.05) is 17.8 Å². The van der Waals surface area contributed by atoms with E-state index in [0.29, 0.717) is 48.9 Å². The number of anilines is 2. The van der Waals surface area contributed by atoms with Gasteiger partial charge in [0.15, 0.2) is 5.16 Å². The molecule has 158 valence electrons. The molecule has 0 saturated carbocycles. The zero-order chi connectivity index (χ0) is 21.1. The van der Waals surface area contributed by atoms with Gasteiger partial charge in [-0.05, 0) is 25.1 Å². The molecule has 0 atom stereocenters. The third kappa shape index (κ3) is 4.46. The Kier molecular flexibility index (Phi) is 6.00. The number of carbonyl (C=O) groups is 1. The highest BCUT2D eigenvalue weighted by Gasteiger charge is 2.22. The summed E-state index contributed by atoms with van der Waals surface area (Å²) in [5, 5.41) is 16.2. The van der Waals surface area contributed by atoms with Gasteiger partial charge in [0.1, 0.15) is 11.6 Å². The molecule has 3 aromatic rings. The molecule has 9 nitrogen and oxygen atoms in total. The molecule has 2 aromatic heterocycles. The Morgan fingerprint density at radius 1 is 1.27 bits per heavy atom. The molecule has 30 heavy (non-hydrogen) atoms. The fourth-order valence-corrected chi connectivity index (χ4v) is 3.95. The van der Waals surface area contributed by atoms with Crippen molar-refractivity contribution in [2.24, 2.45) is 7.05 Å². The van der Waals surface area contributed by atoms with Crippen molar-refractivity contribution in [2.45, 2.75) is 12.1 Å². The van der Waals surface area contributed by atoms with Gasteiger partial charge in [0.05, 0.1) is 30.3 Å². The third-order valence-corrected chi connectivity index (χ3v) is 5.51. The maximum Gasteiger partial charge on any atom is 0.235 e. The molecular formula is C19H22FN7O2S. The number of morpholine rings is 1. The molecule has 0 aliphatic carbocycles. The Labute approximate surface area is 177 Å². The second kappa shape index (κ2) is 8.84. The molecule has 1 amide bonds. The number of thioether (sulfide) groups is 1. The predicted octanol–water partition coefficient (Wildman–Crippen LogP) is 2.02. The van der Waals surface area contributed by atoms with Gasteiger partial charge in [0.25, 0.3) is 0 Å². The van der Waals surface area contributed by atoms with Gasteiger partial charge in [-0.15, -0.1) is 10.2 Å². The second-order valence-electron chi connectivity index (χ2n) is 6.83. The first kappa shape index (κ1) is 20.4. The molecule has 11 heteroatoms. The number of aromatic nitrogens is 5. The lowest BCUT2D eigenvalue weighted by molar-refractivity contribution is -0.113. The van der Waals surface area contributed by atoms with E-state index in [-0.39, 0.29) is 17.5 Å². The monoisotopic (exact) mass is 431 g/mol. The standard InChI is InChI=1S/C19H22FN7O2S/c1-13-10-16(25(2)24-13)21-17(28)12-30-19-23-22-18(26-6-8-29-9-7-26)27(19)15-5-3-4-14(20)11-15/h3-5,10-11H,6-9,12H2,1-2H3,(H,21,28). The van der Waals surface area contributed by atoms with E-state index in [2.05, 4.69) is 20.6 Å². The summed E-state index contributed by atoms with van der Waals surface area (Å²) in [5.74, 6) is 0.813. The number of carbonyl (C=O) groups excluding carboxylic acids is 1. The van der Waals surface area contributed by atoms with Gasteiger partial charge in [-0.25, -0.2) is 4.39 Å². The lowest BCUT2D eigenvalue weighted by Gasteiger charge is -2.27. The van der Waals surface area contributed by atoms with Crippen molar-refractivity contribution in [1.82, 2.24) is 24.5 Å². The van der Waals surface area contributed by atoms with E-state index < -0.39 is 0 Å². The summed E-state index contributed by atoms with van der Waals surface area (Å²) in [5.41, 5.74) is 1.42. The number of nitrogens with one attached hydrogen (secondary N) is 1. The lowest BCUT2D eigenvalue weighted by atomic mass is 10.3. The van der Waals surface area contributed by atoms with Crippen molar-refractivity contribution in [1.29, 1.82) is 0 Å². The van der Waals surface area contributed by atoms with Gasteiger partial charge in [0, 0.05) is 26.2 Å². The summed E-state index contributed by atoms with van der Waals surface area (Å²) in [6.07, 6.45) is 0. The normalized spacial score (nSPS) is 14.2. The molecule has 4 rings (SSSR count). The van der Waals surface area contributed by atoms with Crippen LogP contribution in [-0.2, 0) is 16.6 Å². The first-order chi connectivity index (χ1) is 14.5. The number of hydrogen-bond acceptors (Lipinski definition) is 7.